The monoisotopic (exact) mass is 284 g/mol. The Morgan fingerprint density at radius 1 is 1.21 bits per heavy atom. The second kappa shape index (κ2) is 5.48. The zero-order chi connectivity index (χ0) is 14.0. The summed E-state index contributed by atoms with van der Waals surface area (Å²) in [7, 11) is -3.49. The molecule has 0 unspecified atom stereocenters. The highest BCUT2D eigenvalue weighted by molar-refractivity contribution is 7.89. The third-order valence-corrected chi connectivity index (χ3v) is 5.47. The second-order valence-electron chi connectivity index (χ2n) is 4.83. The summed E-state index contributed by atoms with van der Waals surface area (Å²) in [6.07, 6.45) is 0.722. The van der Waals surface area contributed by atoms with Crippen LogP contribution in [0.2, 0.25) is 0 Å². The van der Waals surface area contributed by atoms with Gasteiger partial charge in [-0.1, -0.05) is 0 Å². The Balaban J connectivity index is 2.44. The van der Waals surface area contributed by atoms with Crippen LogP contribution in [0.1, 0.15) is 17.5 Å². The van der Waals surface area contributed by atoms with Crippen molar-refractivity contribution in [3.05, 3.63) is 23.3 Å². The maximum atomic E-state index is 12.7. The summed E-state index contributed by atoms with van der Waals surface area (Å²) in [6, 6.07) is 3.34. The van der Waals surface area contributed by atoms with Gasteiger partial charge in [-0.2, -0.15) is 4.31 Å². The van der Waals surface area contributed by atoms with E-state index in [0.29, 0.717) is 36.9 Å². The van der Waals surface area contributed by atoms with Gasteiger partial charge in [-0.15, -0.1) is 0 Å². The molecule has 0 aliphatic carbocycles. The highest BCUT2D eigenvalue weighted by Crippen LogP contribution is 2.25. The van der Waals surface area contributed by atoms with Crippen molar-refractivity contribution in [1.29, 1.82) is 0 Å². The number of ether oxygens (including phenoxy) is 1. The smallest absolute Gasteiger partial charge is 0.243 e. The van der Waals surface area contributed by atoms with Crippen molar-refractivity contribution in [2.24, 2.45) is 0 Å². The number of anilines is 1. The van der Waals surface area contributed by atoms with Gasteiger partial charge in [-0.25, -0.2) is 8.42 Å². The fourth-order valence-electron chi connectivity index (χ4n) is 2.22. The third kappa shape index (κ3) is 2.91. The van der Waals surface area contributed by atoms with Gasteiger partial charge in [0.1, 0.15) is 0 Å². The molecule has 5 nitrogen and oxygen atoms in total. The molecule has 1 fully saturated rings. The largest absolute Gasteiger partial charge is 0.399 e. The van der Waals surface area contributed by atoms with E-state index in [2.05, 4.69) is 0 Å². The van der Waals surface area contributed by atoms with Gasteiger partial charge in [0.2, 0.25) is 10.0 Å². The Labute approximate surface area is 114 Å². The fourth-order valence-corrected chi connectivity index (χ4v) is 4.02. The summed E-state index contributed by atoms with van der Waals surface area (Å²) in [5.41, 5.74) is 7.91. The normalized spacial score (nSPS) is 18.2. The molecule has 1 aliphatic rings. The molecular formula is C13H20N2O3S. The van der Waals surface area contributed by atoms with Crippen LogP contribution in [0.3, 0.4) is 0 Å². The molecule has 0 saturated carbocycles. The van der Waals surface area contributed by atoms with Gasteiger partial charge in [0.15, 0.2) is 0 Å². The molecule has 1 saturated heterocycles. The topological polar surface area (TPSA) is 72.6 Å². The van der Waals surface area contributed by atoms with Crippen molar-refractivity contribution in [2.75, 3.05) is 32.0 Å². The summed E-state index contributed by atoms with van der Waals surface area (Å²) >= 11 is 0. The van der Waals surface area contributed by atoms with Crippen LogP contribution in [0.5, 0.6) is 0 Å². The zero-order valence-electron chi connectivity index (χ0n) is 11.3. The van der Waals surface area contributed by atoms with E-state index in [4.69, 9.17) is 10.5 Å². The molecule has 0 spiro atoms. The summed E-state index contributed by atoms with van der Waals surface area (Å²) in [5, 5.41) is 0. The second-order valence-corrected chi connectivity index (χ2v) is 6.74. The predicted molar refractivity (Wildman–Crippen MR) is 74.5 cm³/mol. The molecule has 0 aromatic heterocycles. The molecule has 0 radical (unpaired) electrons. The van der Waals surface area contributed by atoms with Crippen LogP contribution < -0.4 is 5.73 Å². The third-order valence-electron chi connectivity index (χ3n) is 3.44. The molecule has 1 heterocycles. The van der Waals surface area contributed by atoms with Crippen molar-refractivity contribution < 1.29 is 13.2 Å². The summed E-state index contributed by atoms with van der Waals surface area (Å²) < 4.78 is 32.2. The van der Waals surface area contributed by atoms with E-state index < -0.39 is 10.0 Å². The first-order valence-electron chi connectivity index (χ1n) is 6.37. The van der Waals surface area contributed by atoms with Crippen LogP contribution in [0.15, 0.2) is 17.0 Å². The fraction of sp³-hybridized carbons (Fsp3) is 0.538. The zero-order valence-corrected chi connectivity index (χ0v) is 12.2. The standard InChI is InChI=1S/C13H20N2O3S/c1-10-8-12(14)9-13(11(10)2)19(16,17)15-4-3-6-18-7-5-15/h8-9H,3-7,14H2,1-2H3. The summed E-state index contributed by atoms with van der Waals surface area (Å²) in [6.45, 7) is 5.64. The van der Waals surface area contributed by atoms with E-state index >= 15 is 0 Å². The molecule has 2 N–H and O–H groups in total. The highest BCUT2D eigenvalue weighted by atomic mass is 32.2. The Hall–Kier alpha value is -1.11. The van der Waals surface area contributed by atoms with E-state index in [0.717, 1.165) is 17.5 Å². The van der Waals surface area contributed by atoms with E-state index in [1.807, 2.05) is 13.8 Å². The van der Waals surface area contributed by atoms with Gasteiger partial charge >= 0.3 is 0 Å². The number of nitrogen functional groups attached to an aromatic ring is 1. The van der Waals surface area contributed by atoms with Gasteiger partial charge in [-0.3, -0.25) is 0 Å². The van der Waals surface area contributed by atoms with Crippen molar-refractivity contribution in [3.63, 3.8) is 0 Å². The number of rotatable bonds is 2. The maximum absolute atomic E-state index is 12.7. The van der Waals surface area contributed by atoms with Gasteiger partial charge < -0.3 is 10.5 Å². The van der Waals surface area contributed by atoms with Crippen LogP contribution in [0.4, 0.5) is 5.69 Å². The molecule has 19 heavy (non-hydrogen) atoms. The average molecular weight is 284 g/mol. The highest BCUT2D eigenvalue weighted by Gasteiger charge is 2.27. The molecule has 1 aromatic carbocycles. The summed E-state index contributed by atoms with van der Waals surface area (Å²) in [5.74, 6) is 0. The minimum atomic E-state index is -3.49. The average Bonchev–Trinajstić information content (AvgIpc) is 2.62. The summed E-state index contributed by atoms with van der Waals surface area (Å²) in [4.78, 5) is 0.312. The number of nitrogens with two attached hydrogens (primary N) is 1. The van der Waals surface area contributed by atoms with Gasteiger partial charge in [-0.05, 0) is 43.5 Å². The lowest BCUT2D eigenvalue weighted by Crippen LogP contribution is -2.33. The molecule has 106 valence electrons. The SMILES string of the molecule is Cc1cc(N)cc(S(=O)(=O)N2CCCOCC2)c1C. The predicted octanol–water partition coefficient (Wildman–Crippen LogP) is 1.30. The number of hydrogen-bond donors (Lipinski definition) is 1. The van der Waals surface area contributed by atoms with Crippen molar-refractivity contribution in [1.82, 2.24) is 4.31 Å². The molecule has 1 aromatic rings. The van der Waals surface area contributed by atoms with Crippen LogP contribution in [-0.2, 0) is 14.8 Å². The van der Waals surface area contributed by atoms with E-state index in [-0.39, 0.29) is 0 Å². The molecule has 0 amide bonds. The van der Waals surface area contributed by atoms with Crippen LogP contribution in [-0.4, -0.2) is 39.0 Å². The van der Waals surface area contributed by atoms with Crippen molar-refractivity contribution >= 4 is 15.7 Å². The molecule has 1 aliphatic heterocycles. The van der Waals surface area contributed by atoms with Gasteiger partial charge in [0, 0.05) is 25.4 Å². The first-order valence-corrected chi connectivity index (χ1v) is 7.81. The van der Waals surface area contributed by atoms with Crippen molar-refractivity contribution in [2.45, 2.75) is 25.2 Å². The molecular weight excluding hydrogens is 264 g/mol. The van der Waals surface area contributed by atoms with Gasteiger partial charge in [0.05, 0.1) is 11.5 Å². The molecule has 2 rings (SSSR count). The van der Waals surface area contributed by atoms with Crippen LogP contribution in [0.25, 0.3) is 0 Å². The van der Waals surface area contributed by atoms with Crippen molar-refractivity contribution in [3.8, 4) is 0 Å². The Morgan fingerprint density at radius 2 is 1.95 bits per heavy atom. The van der Waals surface area contributed by atoms with Crippen LogP contribution in [0, 0.1) is 13.8 Å². The number of benzene rings is 1. The van der Waals surface area contributed by atoms with E-state index in [9.17, 15) is 8.42 Å². The first-order chi connectivity index (χ1) is 8.93. The Morgan fingerprint density at radius 3 is 2.68 bits per heavy atom. The van der Waals surface area contributed by atoms with Crippen LogP contribution >= 0.6 is 0 Å². The molecule has 0 atom stereocenters. The minimum absolute atomic E-state index is 0.312. The Bertz CT molecular complexity index is 561. The maximum Gasteiger partial charge on any atom is 0.243 e. The Kier molecular flexibility index (Phi) is 4.13. The number of hydrogen-bond acceptors (Lipinski definition) is 4. The number of nitrogens with zero attached hydrogens (tertiary/aromatic N) is 1. The van der Waals surface area contributed by atoms with E-state index in [1.54, 1.807) is 12.1 Å². The first kappa shape index (κ1) is 14.3. The minimum Gasteiger partial charge on any atom is -0.399 e. The lowest BCUT2D eigenvalue weighted by atomic mass is 10.1. The lowest BCUT2D eigenvalue weighted by molar-refractivity contribution is 0.148. The van der Waals surface area contributed by atoms with Gasteiger partial charge in [0.25, 0.3) is 0 Å². The number of aryl methyl sites for hydroxylation is 1. The van der Waals surface area contributed by atoms with E-state index in [1.165, 1.54) is 4.31 Å². The quantitative estimate of drug-likeness (QED) is 0.831. The lowest BCUT2D eigenvalue weighted by Gasteiger charge is -2.21. The molecule has 0 bridgehead atoms. The molecule has 6 heteroatoms. The number of sulfonamides is 1.